The maximum Gasteiger partial charge on any atom is 0.407 e. The third-order valence-electron chi connectivity index (χ3n) is 2.12. The number of hydrogen-bond donors (Lipinski definition) is 1. The largest absolute Gasteiger partial charge is 0.450 e. The van der Waals surface area contributed by atoms with Gasteiger partial charge in [0.25, 0.3) is 0 Å². The van der Waals surface area contributed by atoms with Gasteiger partial charge in [-0.05, 0) is 31.9 Å². The average Bonchev–Trinajstić information content (AvgIpc) is 2.21. The number of benzene rings is 1. The van der Waals surface area contributed by atoms with Crippen LogP contribution in [0.5, 0.6) is 0 Å². The molecular formula is C12H16ClNO2. The molecule has 1 N–H and O–H groups in total. The van der Waals surface area contributed by atoms with Gasteiger partial charge in [0.2, 0.25) is 0 Å². The van der Waals surface area contributed by atoms with Gasteiger partial charge in [0.05, 0.1) is 6.61 Å². The second kappa shape index (κ2) is 6.38. The summed E-state index contributed by atoms with van der Waals surface area (Å²) in [6, 6.07) is 7.60. The zero-order valence-electron chi connectivity index (χ0n) is 9.50. The Hall–Kier alpha value is -1.22. The minimum Gasteiger partial charge on any atom is -0.450 e. The van der Waals surface area contributed by atoms with Crippen molar-refractivity contribution in [2.24, 2.45) is 0 Å². The van der Waals surface area contributed by atoms with Gasteiger partial charge in [-0.1, -0.05) is 29.8 Å². The van der Waals surface area contributed by atoms with E-state index in [2.05, 4.69) is 5.32 Å². The molecule has 0 spiro atoms. The zero-order valence-corrected chi connectivity index (χ0v) is 10.3. The van der Waals surface area contributed by atoms with Crippen LogP contribution in [0, 0.1) is 0 Å². The number of carbonyl (C=O) groups excluding carboxylic acids is 1. The third kappa shape index (κ3) is 4.11. The van der Waals surface area contributed by atoms with Crippen molar-refractivity contribution in [2.45, 2.75) is 26.3 Å². The van der Waals surface area contributed by atoms with Crippen molar-refractivity contribution in [1.82, 2.24) is 5.32 Å². The smallest absolute Gasteiger partial charge is 0.407 e. The van der Waals surface area contributed by atoms with Crippen LogP contribution in [0.25, 0.3) is 0 Å². The summed E-state index contributed by atoms with van der Waals surface area (Å²) in [5.74, 6) is 0. The van der Waals surface area contributed by atoms with Crippen LogP contribution in [0.3, 0.4) is 0 Å². The van der Waals surface area contributed by atoms with E-state index >= 15 is 0 Å². The number of nitrogens with one attached hydrogen (secondary N) is 1. The highest BCUT2D eigenvalue weighted by molar-refractivity contribution is 6.31. The van der Waals surface area contributed by atoms with Crippen molar-refractivity contribution in [3.63, 3.8) is 0 Å². The summed E-state index contributed by atoms with van der Waals surface area (Å²) < 4.78 is 4.80. The fourth-order valence-corrected chi connectivity index (χ4v) is 1.63. The molecule has 0 fully saturated rings. The summed E-state index contributed by atoms with van der Waals surface area (Å²) in [5, 5.41) is 3.46. The van der Waals surface area contributed by atoms with Crippen molar-refractivity contribution >= 4 is 17.7 Å². The van der Waals surface area contributed by atoms with E-state index in [1.807, 2.05) is 31.2 Å². The Bertz CT molecular complexity index is 355. The van der Waals surface area contributed by atoms with E-state index < -0.39 is 0 Å². The molecule has 1 amide bonds. The Kier molecular flexibility index (Phi) is 5.12. The van der Waals surface area contributed by atoms with Gasteiger partial charge in [-0.3, -0.25) is 0 Å². The third-order valence-corrected chi connectivity index (χ3v) is 2.49. The van der Waals surface area contributed by atoms with Gasteiger partial charge >= 0.3 is 6.09 Å². The van der Waals surface area contributed by atoms with Crippen molar-refractivity contribution < 1.29 is 9.53 Å². The van der Waals surface area contributed by atoms with Crippen LogP contribution in [0.1, 0.15) is 19.4 Å². The van der Waals surface area contributed by atoms with E-state index in [0.29, 0.717) is 13.0 Å². The Morgan fingerprint density at radius 1 is 1.50 bits per heavy atom. The summed E-state index contributed by atoms with van der Waals surface area (Å²) in [5.41, 5.74) is 1.02. The molecule has 4 heteroatoms. The molecule has 0 saturated carbocycles. The molecule has 0 bridgehead atoms. The van der Waals surface area contributed by atoms with Crippen LogP contribution in [0.4, 0.5) is 4.79 Å². The lowest BCUT2D eigenvalue weighted by atomic mass is 10.1. The van der Waals surface area contributed by atoms with E-state index in [1.54, 1.807) is 6.92 Å². The summed E-state index contributed by atoms with van der Waals surface area (Å²) >= 11 is 6.02. The van der Waals surface area contributed by atoms with Crippen LogP contribution in [0.2, 0.25) is 5.02 Å². The number of halogens is 1. The molecule has 1 aromatic carbocycles. The summed E-state index contributed by atoms with van der Waals surface area (Å²) in [6.07, 6.45) is 0.306. The Balaban J connectivity index is 2.48. The molecule has 1 atom stereocenters. The van der Waals surface area contributed by atoms with Crippen molar-refractivity contribution in [3.8, 4) is 0 Å². The molecule has 0 aliphatic carbocycles. The van der Waals surface area contributed by atoms with Gasteiger partial charge in [-0.25, -0.2) is 4.79 Å². The average molecular weight is 242 g/mol. The molecule has 88 valence electrons. The number of rotatable bonds is 4. The van der Waals surface area contributed by atoms with Crippen LogP contribution >= 0.6 is 11.6 Å². The Labute approximate surface area is 101 Å². The molecular weight excluding hydrogens is 226 g/mol. The van der Waals surface area contributed by atoms with Gasteiger partial charge < -0.3 is 10.1 Å². The number of ether oxygens (including phenoxy) is 1. The first-order valence-electron chi connectivity index (χ1n) is 5.30. The van der Waals surface area contributed by atoms with Gasteiger partial charge in [-0.2, -0.15) is 0 Å². The molecule has 0 saturated heterocycles. The minimum absolute atomic E-state index is 0.000972. The fraction of sp³-hybridized carbons (Fsp3) is 0.417. The molecule has 16 heavy (non-hydrogen) atoms. The van der Waals surface area contributed by atoms with E-state index in [0.717, 1.165) is 10.6 Å². The number of alkyl carbamates (subject to hydrolysis) is 1. The Morgan fingerprint density at radius 3 is 2.81 bits per heavy atom. The summed E-state index contributed by atoms with van der Waals surface area (Å²) in [4.78, 5) is 11.2. The maximum atomic E-state index is 11.2. The first-order valence-corrected chi connectivity index (χ1v) is 5.68. The first kappa shape index (κ1) is 12.8. The maximum absolute atomic E-state index is 11.2. The number of hydrogen-bond acceptors (Lipinski definition) is 2. The van der Waals surface area contributed by atoms with Gasteiger partial charge in [0.1, 0.15) is 0 Å². The highest BCUT2D eigenvalue weighted by Crippen LogP contribution is 2.16. The highest BCUT2D eigenvalue weighted by Gasteiger charge is 2.09. The van der Waals surface area contributed by atoms with Gasteiger partial charge in [0.15, 0.2) is 0 Å². The van der Waals surface area contributed by atoms with Crippen LogP contribution < -0.4 is 5.32 Å². The molecule has 0 aromatic heterocycles. The summed E-state index contributed by atoms with van der Waals surface area (Å²) in [6.45, 7) is 4.07. The van der Waals surface area contributed by atoms with Crippen LogP contribution in [0.15, 0.2) is 24.3 Å². The molecule has 0 radical (unpaired) electrons. The lowest BCUT2D eigenvalue weighted by molar-refractivity contribution is 0.149. The van der Waals surface area contributed by atoms with E-state index in [9.17, 15) is 4.79 Å². The lowest BCUT2D eigenvalue weighted by Crippen LogP contribution is -2.34. The fourth-order valence-electron chi connectivity index (χ4n) is 1.42. The lowest BCUT2D eigenvalue weighted by Gasteiger charge is -2.14. The standard InChI is InChI=1S/C12H16ClNO2/c1-3-16-12(15)14-9(2)8-10-6-4-5-7-11(10)13/h4-7,9H,3,8H2,1-2H3,(H,14,15). The normalized spacial score (nSPS) is 11.9. The second-order valence-corrected chi connectivity index (χ2v) is 3.97. The predicted octanol–water partition coefficient (Wildman–Crippen LogP) is 3.02. The molecule has 1 aromatic rings. The Morgan fingerprint density at radius 2 is 2.19 bits per heavy atom. The highest BCUT2D eigenvalue weighted by atomic mass is 35.5. The monoisotopic (exact) mass is 241 g/mol. The van der Waals surface area contributed by atoms with Crippen molar-refractivity contribution in [2.75, 3.05) is 6.61 Å². The molecule has 1 unspecified atom stereocenters. The topological polar surface area (TPSA) is 38.3 Å². The quantitative estimate of drug-likeness (QED) is 0.880. The molecule has 0 aliphatic rings. The molecule has 1 rings (SSSR count). The van der Waals surface area contributed by atoms with E-state index in [4.69, 9.17) is 16.3 Å². The van der Waals surface area contributed by atoms with Crippen molar-refractivity contribution in [3.05, 3.63) is 34.9 Å². The second-order valence-electron chi connectivity index (χ2n) is 3.56. The zero-order chi connectivity index (χ0) is 12.0. The molecule has 0 heterocycles. The van der Waals surface area contributed by atoms with E-state index in [1.165, 1.54) is 0 Å². The number of amides is 1. The number of carbonyl (C=O) groups is 1. The van der Waals surface area contributed by atoms with Gasteiger partial charge in [0, 0.05) is 11.1 Å². The minimum atomic E-state index is -0.387. The SMILES string of the molecule is CCOC(=O)NC(C)Cc1ccccc1Cl. The summed E-state index contributed by atoms with van der Waals surface area (Å²) in [7, 11) is 0. The van der Waals surface area contributed by atoms with Crippen molar-refractivity contribution in [1.29, 1.82) is 0 Å². The first-order chi connectivity index (χ1) is 7.63. The van der Waals surface area contributed by atoms with Gasteiger partial charge in [-0.15, -0.1) is 0 Å². The molecule has 3 nitrogen and oxygen atoms in total. The molecule has 0 aliphatic heterocycles. The van der Waals surface area contributed by atoms with E-state index in [-0.39, 0.29) is 12.1 Å². The van der Waals surface area contributed by atoms with Crippen LogP contribution in [-0.4, -0.2) is 18.7 Å². The predicted molar refractivity (Wildman–Crippen MR) is 64.8 cm³/mol. The van der Waals surface area contributed by atoms with Crippen LogP contribution in [-0.2, 0) is 11.2 Å².